The second-order valence-corrected chi connectivity index (χ2v) is 26.0. The van der Waals surface area contributed by atoms with Gasteiger partial charge in [-0.2, -0.15) is 18.2 Å². The van der Waals surface area contributed by atoms with Crippen molar-refractivity contribution in [1.82, 2.24) is 14.1 Å². The molecule has 0 radical (unpaired) electrons. The fraction of sp³-hybridized carbons (Fsp3) is 0.231. The molecule has 84 heavy (non-hydrogen) atoms. The van der Waals surface area contributed by atoms with Crippen LogP contribution in [0, 0.1) is 32.2 Å². The van der Waals surface area contributed by atoms with Gasteiger partial charge in [-0.3, -0.25) is 4.57 Å². The predicted octanol–water partition coefficient (Wildman–Crippen LogP) is 20.0. The van der Waals surface area contributed by atoms with E-state index < -0.39 is 67.5 Å². The third kappa shape index (κ3) is 9.82. The molecule has 12 aromatic rings. The Morgan fingerprint density at radius 2 is 1.11 bits per heavy atom. The maximum atomic E-state index is 10.2. The van der Waals surface area contributed by atoms with Gasteiger partial charge in [0.2, 0.25) is 0 Å². The van der Waals surface area contributed by atoms with Crippen molar-refractivity contribution >= 4 is 32.8 Å². The number of pyridine rings is 1. The summed E-state index contributed by atoms with van der Waals surface area (Å²) in [5, 5.41) is 1.95. The van der Waals surface area contributed by atoms with E-state index in [2.05, 4.69) is 122 Å². The number of ether oxygens (including phenoxy) is 1. The second kappa shape index (κ2) is 20.6. The number of aryl methyl sites for hydroxylation is 2. The number of hydrogen-bond acceptors (Lipinski definition) is 2. The minimum Gasteiger partial charge on any atom is -0.510 e. The Morgan fingerprint density at radius 1 is 0.512 bits per heavy atom. The molecule has 0 spiro atoms. The Kier molecular flexibility index (Phi) is 10.3. The summed E-state index contributed by atoms with van der Waals surface area (Å²) in [4.78, 5) is 4.88. The molecular formula is C78H72N4OPt-2. The average molecular weight is 1290 g/mol. The van der Waals surface area contributed by atoms with Gasteiger partial charge in [-0.1, -0.05) is 204 Å². The number of imidazole rings is 1. The van der Waals surface area contributed by atoms with E-state index >= 15 is 0 Å². The number of benzene rings is 9. The molecule has 1 aliphatic heterocycles. The van der Waals surface area contributed by atoms with Crippen LogP contribution in [-0.4, -0.2) is 14.1 Å². The Labute approximate surface area is 530 Å². The smallest absolute Gasteiger partial charge is 0.268 e. The van der Waals surface area contributed by atoms with Crippen molar-refractivity contribution in [3.63, 3.8) is 0 Å². The Balaban J connectivity index is 0.00000914. The molecule has 0 saturated carbocycles. The molecule has 422 valence electrons. The van der Waals surface area contributed by atoms with Crippen LogP contribution in [0.1, 0.15) is 136 Å². The van der Waals surface area contributed by atoms with E-state index in [9.17, 15) is 11.0 Å². The van der Waals surface area contributed by atoms with E-state index in [1.165, 1.54) is 18.2 Å². The van der Waals surface area contributed by atoms with E-state index in [1.54, 1.807) is 27.3 Å². The van der Waals surface area contributed by atoms with Crippen LogP contribution in [0.5, 0.6) is 11.5 Å². The summed E-state index contributed by atoms with van der Waals surface area (Å²) in [5.74, 6) is 1.39. The van der Waals surface area contributed by atoms with Gasteiger partial charge in [0.1, 0.15) is 5.82 Å². The first-order chi connectivity index (χ1) is 45.2. The first-order valence-corrected chi connectivity index (χ1v) is 28.1. The molecule has 0 atom stereocenters. The monoisotopic (exact) mass is 1290 g/mol. The Bertz CT molecular complexity index is 5260. The summed E-state index contributed by atoms with van der Waals surface area (Å²) < 4.78 is 144. The zero-order chi connectivity index (χ0) is 70.0. The molecule has 3 aromatic heterocycles. The van der Waals surface area contributed by atoms with Crippen molar-refractivity contribution < 1.29 is 49.6 Å². The van der Waals surface area contributed by atoms with Crippen molar-refractivity contribution in [1.29, 1.82) is 0 Å². The molecule has 6 heteroatoms. The van der Waals surface area contributed by atoms with Crippen molar-refractivity contribution in [2.24, 2.45) is 0 Å². The molecule has 0 unspecified atom stereocenters. The molecule has 0 saturated heterocycles. The number of fused-ring (bicyclic) bond motifs is 10. The van der Waals surface area contributed by atoms with Crippen LogP contribution in [0.3, 0.4) is 0 Å². The van der Waals surface area contributed by atoms with Gasteiger partial charge in [0, 0.05) is 52.5 Å². The van der Waals surface area contributed by atoms with Crippen molar-refractivity contribution in [3.8, 4) is 84.3 Å². The number of nitrogens with zero attached hydrogens (tertiary/aromatic N) is 4. The maximum Gasteiger partial charge on any atom is 0.268 e. The molecular weight excluding hydrogens is 1200 g/mol. The van der Waals surface area contributed by atoms with Gasteiger partial charge in [0.25, 0.3) is 6.33 Å². The number of aromatic nitrogens is 4. The zero-order valence-electron chi connectivity index (χ0n) is 63.2. The summed E-state index contributed by atoms with van der Waals surface area (Å²) in [6.45, 7) is 19.4. The van der Waals surface area contributed by atoms with Crippen LogP contribution in [0.25, 0.3) is 106 Å². The first-order valence-electron chi connectivity index (χ1n) is 35.1. The van der Waals surface area contributed by atoms with Crippen LogP contribution in [0.2, 0.25) is 0 Å². The summed E-state index contributed by atoms with van der Waals surface area (Å²) in [5.41, 5.74) is 5.38. The molecule has 13 rings (SSSR count). The predicted molar refractivity (Wildman–Crippen MR) is 345 cm³/mol. The third-order valence-electron chi connectivity index (χ3n) is 16.0. The van der Waals surface area contributed by atoms with Gasteiger partial charge in [-0.15, -0.1) is 29.7 Å². The fourth-order valence-electron chi connectivity index (χ4n) is 11.6. The largest absolute Gasteiger partial charge is 0.510 e. The number of hydrogen-bond donors (Lipinski definition) is 0. The maximum absolute atomic E-state index is 10.2. The second-order valence-electron chi connectivity index (χ2n) is 26.0. The third-order valence-corrected chi connectivity index (χ3v) is 16.0. The molecule has 1 aliphatic rings. The molecule has 0 aliphatic carbocycles. The van der Waals surface area contributed by atoms with E-state index in [4.69, 9.17) is 17.9 Å². The molecule has 9 aromatic carbocycles. The van der Waals surface area contributed by atoms with Gasteiger partial charge < -0.3 is 13.9 Å². The van der Waals surface area contributed by atoms with E-state index in [0.29, 0.717) is 39.3 Å². The molecule has 0 amide bonds. The minimum absolute atomic E-state index is 0. The number of para-hydroxylation sites is 1. The summed E-state index contributed by atoms with van der Waals surface area (Å²) >= 11 is 0. The number of rotatable bonds is 6. The molecule has 0 fully saturated rings. The van der Waals surface area contributed by atoms with Gasteiger partial charge >= 0.3 is 0 Å². The summed E-state index contributed by atoms with van der Waals surface area (Å²) in [6, 6.07) is 41.6. The van der Waals surface area contributed by atoms with Gasteiger partial charge in [-0.25, -0.2) is 4.98 Å². The average Bonchev–Trinajstić information content (AvgIpc) is 1.46. The van der Waals surface area contributed by atoms with Crippen LogP contribution in [0.4, 0.5) is 0 Å². The van der Waals surface area contributed by atoms with Crippen LogP contribution in [-0.2, 0) is 42.7 Å². The quantitative estimate of drug-likeness (QED) is 0.123. The molecule has 4 heterocycles. The normalized spacial score (nSPS) is 15.2. The minimum atomic E-state index is -2.86. The van der Waals surface area contributed by atoms with Crippen LogP contribution in [0.15, 0.2) is 182 Å². The molecule has 5 nitrogen and oxygen atoms in total. The van der Waals surface area contributed by atoms with Gasteiger partial charge in [-0.05, 0) is 166 Å². The topological polar surface area (TPSA) is 35.9 Å². The van der Waals surface area contributed by atoms with Crippen molar-refractivity contribution in [3.05, 3.63) is 234 Å². The SMILES string of the molecule is [2H]c1c([2H])c([2H])c2c(c1[2H])-c1cc(-c3c(C([2H])([2H])[2H])cccc3C([2H])([2H])[2H])cc(C(C)(C)C)c1-[n+]1[c-]n(-c3[c-]c(Oc4[c-]c5c(cc4)c4ccccc4n5-c4cc(C(C)(C)C)ccn4)ccc3)c3cc(-c4cc(C(C)(C)C)cc(C(C)(C)C)c4)cc(c31)-c1c([2H])c([2H])c([2H])c([2H])c1-2.[Pt]. The zero-order valence-corrected chi connectivity index (χ0v) is 51.5. The van der Waals surface area contributed by atoms with Crippen molar-refractivity contribution in [2.75, 3.05) is 0 Å². The van der Waals surface area contributed by atoms with E-state index in [-0.39, 0.29) is 98.6 Å². The Hall–Kier alpha value is -8.11. The van der Waals surface area contributed by atoms with Gasteiger partial charge in [0.05, 0.1) is 27.7 Å². The standard InChI is InChI=1S/C78H72N4O.Pt/c1-48-23-21-24-49(2)72(48)52-40-65-61-29-17-15-27-59(61)60-28-16-18-30-62(60)66-39-51(50-37-54(76(6,7)8)43-55(38-50)77(9,10)11)42-70-74(66)81(73(65)67(41-52)78(12,13)14)47-80(70)56-25-22-26-57(45-56)83-58-33-34-64-63-31-19-20-32-68(63)82(69(64)46-58)71-44-53(35-36-79-71)75(3,4)5;/h15-44H,1-14H3;/q-2;/i1D3,2D3,15D,16D,17D,18D,27D,28D,29D,30D;. The van der Waals surface area contributed by atoms with Crippen LogP contribution >= 0.6 is 0 Å². The molecule has 0 bridgehead atoms. The van der Waals surface area contributed by atoms with Gasteiger partial charge in [0.15, 0.2) is 0 Å². The summed E-state index contributed by atoms with van der Waals surface area (Å²) in [6.07, 6.45) is 5.53. The molecule has 0 N–H and O–H groups in total. The first kappa shape index (κ1) is 41.8. The van der Waals surface area contributed by atoms with E-state index in [1.807, 2.05) is 81.6 Å². The van der Waals surface area contributed by atoms with Crippen molar-refractivity contribution in [2.45, 2.75) is 118 Å². The van der Waals surface area contributed by atoms with E-state index in [0.717, 1.165) is 49.9 Å². The van der Waals surface area contributed by atoms with Crippen LogP contribution < -0.4 is 9.30 Å². The fourth-order valence-corrected chi connectivity index (χ4v) is 11.6. The Morgan fingerprint density at radius 3 is 1.75 bits per heavy atom. The summed E-state index contributed by atoms with van der Waals surface area (Å²) in [7, 11) is 0.